The molecular formula is C12H18BNO3S. The van der Waals surface area contributed by atoms with Crippen LogP contribution in [0.25, 0.3) is 0 Å². The fraction of sp³-hybridized carbons (Fsp3) is 0.750. The number of hydrogen-bond acceptors (Lipinski definition) is 5. The molecule has 1 aromatic rings. The predicted octanol–water partition coefficient (Wildman–Crippen LogP) is 1.98. The molecule has 98 valence electrons. The van der Waals surface area contributed by atoms with Crippen LogP contribution in [0.1, 0.15) is 40.5 Å². The molecule has 6 heteroatoms. The van der Waals surface area contributed by atoms with Gasteiger partial charge in [-0.2, -0.15) is 0 Å². The summed E-state index contributed by atoms with van der Waals surface area (Å²) < 4.78 is 18.6. The molecule has 1 saturated carbocycles. The van der Waals surface area contributed by atoms with E-state index in [2.05, 4.69) is 32.7 Å². The number of aromatic nitrogens is 1. The highest BCUT2D eigenvalue weighted by Gasteiger charge is 2.52. The van der Waals surface area contributed by atoms with Crippen LogP contribution in [0.5, 0.6) is 5.19 Å². The molecule has 2 heterocycles. The minimum atomic E-state index is -0.330. The highest BCUT2D eigenvalue weighted by Crippen LogP contribution is 2.37. The number of rotatable bonds is 3. The second kappa shape index (κ2) is 3.95. The number of thiazole rings is 1. The normalized spacial score (nSPS) is 25.4. The number of ether oxygens (including phenoxy) is 1. The van der Waals surface area contributed by atoms with Crippen LogP contribution in [0.4, 0.5) is 0 Å². The molecule has 18 heavy (non-hydrogen) atoms. The van der Waals surface area contributed by atoms with Crippen molar-refractivity contribution >= 4 is 23.2 Å². The lowest BCUT2D eigenvalue weighted by atomic mass is 9.89. The summed E-state index contributed by atoms with van der Waals surface area (Å²) in [4.78, 5) is 4.27. The summed E-state index contributed by atoms with van der Waals surface area (Å²) in [6.45, 7) is 8.20. The predicted molar refractivity (Wildman–Crippen MR) is 71.5 cm³/mol. The van der Waals surface area contributed by atoms with Crippen molar-refractivity contribution in [3.63, 3.8) is 0 Å². The van der Waals surface area contributed by atoms with Gasteiger partial charge in [0.15, 0.2) is 0 Å². The molecule has 0 unspecified atom stereocenters. The second-order valence-electron chi connectivity index (χ2n) is 5.93. The Bertz CT molecular complexity index is 440. The lowest BCUT2D eigenvalue weighted by Crippen LogP contribution is -2.41. The van der Waals surface area contributed by atoms with Gasteiger partial charge >= 0.3 is 7.12 Å². The van der Waals surface area contributed by atoms with Gasteiger partial charge in [-0.25, -0.2) is 4.98 Å². The van der Waals surface area contributed by atoms with Crippen molar-refractivity contribution in [3.05, 3.63) is 6.20 Å². The fourth-order valence-corrected chi connectivity index (χ4v) is 2.51. The molecule has 0 atom stereocenters. The van der Waals surface area contributed by atoms with Crippen LogP contribution in [0.2, 0.25) is 0 Å². The van der Waals surface area contributed by atoms with Gasteiger partial charge in [0.05, 0.1) is 16.0 Å². The van der Waals surface area contributed by atoms with Crippen molar-refractivity contribution in [3.8, 4) is 5.19 Å². The van der Waals surface area contributed by atoms with Crippen molar-refractivity contribution in [2.75, 3.05) is 0 Å². The lowest BCUT2D eigenvalue weighted by molar-refractivity contribution is 0.00578. The Balaban J connectivity index is 1.73. The maximum Gasteiger partial charge on any atom is 0.507 e. The average molecular weight is 267 g/mol. The zero-order valence-corrected chi connectivity index (χ0v) is 12.0. The van der Waals surface area contributed by atoms with Gasteiger partial charge in [-0.15, -0.1) is 0 Å². The van der Waals surface area contributed by atoms with Crippen molar-refractivity contribution in [2.24, 2.45) is 0 Å². The van der Waals surface area contributed by atoms with Crippen LogP contribution in [-0.4, -0.2) is 29.4 Å². The van der Waals surface area contributed by atoms with E-state index in [1.807, 2.05) is 0 Å². The topological polar surface area (TPSA) is 40.6 Å². The summed E-state index contributed by atoms with van der Waals surface area (Å²) in [6, 6.07) is 0. The van der Waals surface area contributed by atoms with Crippen molar-refractivity contribution in [1.29, 1.82) is 0 Å². The minimum absolute atomic E-state index is 0.306. The molecule has 2 aliphatic rings. The van der Waals surface area contributed by atoms with Crippen molar-refractivity contribution < 1.29 is 14.0 Å². The SMILES string of the molecule is CC1(C)OB(c2cnc(OC3CC3)s2)OC1(C)C. The molecule has 1 aromatic heterocycles. The van der Waals surface area contributed by atoms with E-state index in [9.17, 15) is 0 Å². The monoisotopic (exact) mass is 267 g/mol. The van der Waals surface area contributed by atoms with Crippen molar-refractivity contribution in [2.45, 2.75) is 57.8 Å². The third-order valence-corrected chi connectivity index (χ3v) is 4.69. The fourth-order valence-electron chi connectivity index (χ4n) is 1.72. The van der Waals surface area contributed by atoms with Crippen LogP contribution < -0.4 is 9.51 Å². The Morgan fingerprint density at radius 1 is 1.28 bits per heavy atom. The Kier molecular flexibility index (Phi) is 2.73. The molecule has 1 saturated heterocycles. The maximum atomic E-state index is 5.98. The highest BCUT2D eigenvalue weighted by atomic mass is 32.1. The standard InChI is InChI=1S/C12H18BNO3S/c1-11(2)12(3,4)17-13(16-11)9-7-14-10(18-9)15-8-5-6-8/h7-8H,5-6H2,1-4H3. The summed E-state index contributed by atoms with van der Waals surface area (Å²) >= 11 is 1.52. The summed E-state index contributed by atoms with van der Waals surface area (Å²) in [5.41, 5.74) is -0.613. The van der Waals surface area contributed by atoms with Gasteiger partial charge in [0, 0.05) is 6.20 Å². The number of hydrogen-bond donors (Lipinski definition) is 0. The smallest absolute Gasteiger partial charge is 0.467 e. The van der Waals surface area contributed by atoms with Crippen LogP contribution in [0.3, 0.4) is 0 Å². The van der Waals surface area contributed by atoms with E-state index in [1.54, 1.807) is 6.20 Å². The third kappa shape index (κ3) is 2.17. The molecular weight excluding hydrogens is 249 g/mol. The summed E-state index contributed by atoms with van der Waals surface area (Å²) in [6.07, 6.45) is 4.46. The summed E-state index contributed by atoms with van der Waals surface area (Å²) in [5.74, 6) is 0. The molecule has 0 aromatic carbocycles. The Morgan fingerprint density at radius 3 is 2.44 bits per heavy atom. The molecule has 3 rings (SSSR count). The largest absolute Gasteiger partial charge is 0.507 e. The van der Waals surface area contributed by atoms with E-state index in [4.69, 9.17) is 14.0 Å². The zero-order valence-electron chi connectivity index (χ0n) is 11.2. The van der Waals surface area contributed by atoms with Gasteiger partial charge in [-0.1, -0.05) is 11.3 Å². The van der Waals surface area contributed by atoms with Crippen LogP contribution in [0, 0.1) is 0 Å². The number of nitrogens with zero attached hydrogens (tertiary/aromatic N) is 1. The van der Waals surface area contributed by atoms with E-state index in [0.717, 1.165) is 22.8 Å². The third-order valence-electron chi connectivity index (χ3n) is 3.78. The lowest BCUT2D eigenvalue weighted by Gasteiger charge is -2.32. The molecule has 0 radical (unpaired) electrons. The molecule has 0 bridgehead atoms. The van der Waals surface area contributed by atoms with Gasteiger partial charge in [0.1, 0.15) is 6.10 Å². The molecule has 0 spiro atoms. The van der Waals surface area contributed by atoms with E-state index in [1.165, 1.54) is 11.3 Å². The molecule has 0 amide bonds. The van der Waals surface area contributed by atoms with Crippen LogP contribution >= 0.6 is 11.3 Å². The first-order valence-electron chi connectivity index (χ1n) is 6.35. The van der Waals surface area contributed by atoms with Gasteiger partial charge < -0.3 is 14.0 Å². The van der Waals surface area contributed by atoms with E-state index in [-0.39, 0.29) is 18.3 Å². The zero-order chi connectivity index (χ0) is 13.0. The van der Waals surface area contributed by atoms with Crippen LogP contribution in [-0.2, 0) is 9.31 Å². The van der Waals surface area contributed by atoms with Gasteiger partial charge in [-0.05, 0) is 40.5 Å². The first kappa shape index (κ1) is 12.4. The molecule has 2 fully saturated rings. The van der Waals surface area contributed by atoms with Gasteiger partial charge in [0.25, 0.3) is 5.19 Å². The summed E-state index contributed by atoms with van der Waals surface area (Å²) in [5, 5.41) is 0.724. The Hall–Kier alpha value is -0.585. The first-order chi connectivity index (χ1) is 8.37. The van der Waals surface area contributed by atoms with Crippen molar-refractivity contribution in [1.82, 2.24) is 4.98 Å². The van der Waals surface area contributed by atoms with Gasteiger partial charge in [-0.3, -0.25) is 0 Å². The quantitative estimate of drug-likeness (QED) is 0.785. The molecule has 1 aliphatic carbocycles. The second-order valence-corrected chi connectivity index (χ2v) is 6.96. The minimum Gasteiger partial charge on any atom is -0.467 e. The Labute approximate surface area is 112 Å². The van der Waals surface area contributed by atoms with Gasteiger partial charge in [0.2, 0.25) is 0 Å². The molecule has 1 aliphatic heterocycles. The highest BCUT2D eigenvalue weighted by molar-refractivity contribution is 7.23. The van der Waals surface area contributed by atoms with E-state index < -0.39 is 0 Å². The average Bonchev–Trinajstić information content (AvgIpc) is 2.86. The maximum absolute atomic E-state index is 5.98. The first-order valence-corrected chi connectivity index (χ1v) is 7.17. The van der Waals surface area contributed by atoms with E-state index in [0.29, 0.717) is 6.10 Å². The van der Waals surface area contributed by atoms with Crippen LogP contribution in [0.15, 0.2) is 6.20 Å². The van der Waals surface area contributed by atoms with E-state index >= 15 is 0 Å². The molecule has 0 N–H and O–H groups in total. The Morgan fingerprint density at radius 2 is 1.89 bits per heavy atom. The summed E-state index contributed by atoms with van der Waals surface area (Å²) in [7, 11) is -0.330. The molecule has 4 nitrogen and oxygen atoms in total.